The molecule has 0 spiro atoms. The van der Waals surface area contributed by atoms with E-state index in [1.807, 2.05) is 6.07 Å². The fourth-order valence-electron chi connectivity index (χ4n) is 1.77. The van der Waals surface area contributed by atoms with E-state index in [9.17, 15) is 4.79 Å². The predicted octanol–water partition coefficient (Wildman–Crippen LogP) is 2.56. The van der Waals surface area contributed by atoms with Crippen LogP contribution in [0.3, 0.4) is 0 Å². The summed E-state index contributed by atoms with van der Waals surface area (Å²) in [5.74, 6) is 0. The molecule has 0 amide bonds. The number of hydrogen-bond donors (Lipinski definition) is 0. The van der Waals surface area contributed by atoms with Crippen LogP contribution in [0.4, 0.5) is 0 Å². The van der Waals surface area contributed by atoms with Gasteiger partial charge in [0.15, 0.2) is 6.29 Å². The Balaban J connectivity index is 2.07. The zero-order chi connectivity index (χ0) is 13.9. The van der Waals surface area contributed by atoms with Crippen LogP contribution in [0.1, 0.15) is 10.5 Å². The van der Waals surface area contributed by atoms with E-state index < -0.39 is 8.07 Å². The van der Waals surface area contributed by atoms with Crippen molar-refractivity contribution in [1.29, 1.82) is 0 Å². The SMILES string of the molecule is C[Si](C)(C)CCOCn1ncc2ccnc(C=O)c21. The molecule has 6 heteroatoms. The summed E-state index contributed by atoms with van der Waals surface area (Å²) in [6.45, 7) is 8.03. The summed E-state index contributed by atoms with van der Waals surface area (Å²) in [4.78, 5) is 15.0. The summed E-state index contributed by atoms with van der Waals surface area (Å²) in [6, 6.07) is 2.96. The highest BCUT2D eigenvalue weighted by Crippen LogP contribution is 2.15. The smallest absolute Gasteiger partial charge is 0.170 e. The predicted molar refractivity (Wildman–Crippen MR) is 77.0 cm³/mol. The highest BCUT2D eigenvalue weighted by atomic mass is 28.3. The first-order valence-electron chi connectivity index (χ1n) is 6.35. The van der Waals surface area contributed by atoms with Crippen LogP contribution in [0.25, 0.3) is 10.9 Å². The van der Waals surface area contributed by atoms with Crippen LogP contribution in [0.15, 0.2) is 18.5 Å². The number of nitrogens with zero attached hydrogens (tertiary/aromatic N) is 3. The molecule has 0 saturated heterocycles. The Hall–Kier alpha value is -1.53. The molecule has 0 fully saturated rings. The molecule has 2 aromatic heterocycles. The van der Waals surface area contributed by atoms with Gasteiger partial charge in [0.1, 0.15) is 17.9 Å². The lowest BCUT2D eigenvalue weighted by atomic mass is 10.3. The van der Waals surface area contributed by atoms with Crippen molar-refractivity contribution in [2.75, 3.05) is 6.61 Å². The average molecular weight is 277 g/mol. The van der Waals surface area contributed by atoms with Crippen LogP contribution in [0.5, 0.6) is 0 Å². The van der Waals surface area contributed by atoms with Crippen molar-refractivity contribution in [2.24, 2.45) is 0 Å². The number of rotatable bonds is 6. The van der Waals surface area contributed by atoms with E-state index in [0.717, 1.165) is 29.8 Å². The molecule has 0 aliphatic heterocycles. The Morgan fingerprint density at radius 1 is 1.42 bits per heavy atom. The number of aromatic nitrogens is 3. The maximum atomic E-state index is 11.0. The fraction of sp³-hybridized carbons (Fsp3) is 0.462. The van der Waals surface area contributed by atoms with Crippen molar-refractivity contribution >= 4 is 25.3 Å². The van der Waals surface area contributed by atoms with E-state index in [1.165, 1.54) is 0 Å². The normalized spacial score (nSPS) is 11.9. The molecule has 0 bridgehead atoms. The summed E-state index contributed by atoms with van der Waals surface area (Å²) >= 11 is 0. The summed E-state index contributed by atoms with van der Waals surface area (Å²) in [6.07, 6.45) is 4.10. The van der Waals surface area contributed by atoms with E-state index in [4.69, 9.17) is 4.74 Å². The van der Waals surface area contributed by atoms with Gasteiger partial charge in [0, 0.05) is 26.3 Å². The molecular weight excluding hydrogens is 258 g/mol. The van der Waals surface area contributed by atoms with Crippen molar-refractivity contribution in [3.63, 3.8) is 0 Å². The summed E-state index contributed by atoms with van der Waals surface area (Å²) < 4.78 is 7.34. The number of carbonyl (C=O) groups is 1. The van der Waals surface area contributed by atoms with Gasteiger partial charge >= 0.3 is 0 Å². The molecule has 0 atom stereocenters. The topological polar surface area (TPSA) is 57.0 Å². The molecule has 0 aliphatic carbocycles. The van der Waals surface area contributed by atoms with Gasteiger partial charge in [0.2, 0.25) is 0 Å². The Labute approximate surface area is 113 Å². The molecule has 0 aliphatic rings. The number of fused-ring (bicyclic) bond motifs is 1. The number of aldehydes is 1. The Morgan fingerprint density at radius 2 is 2.21 bits per heavy atom. The Kier molecular flexibility index (Phi) is 4.11. The molecule has 2 heterocycles. The minimum atomic E-state index is -1.07. The molecule has 0 aromatic carbocycles. The fourth-order valence-corrected chi connectivity index (χ4v) is 2.53. The first-order valence-corrected chi connectivity index (χ1v) is 10.1. The second kappa shape index (κ2) is 5.62. The minimum absolute atomic E-state index is 0.362. The van der Waals surface area contributed by atoms with Gasteiger partial charge in [-0.1, -0.05) is 19.6 Å². The second-order valence-corrected chi connectivity index (χ2v) is 11.4. The van der Waals surface area contributed by atoms with Crippen LogP contribution < -0.4 is 0 Å². The van der Waals surface area contributed by atoms with Crippen molar-refractivity contribution in [1.82, 2.24) is 14.8 Å². The summed E-state index contributed by atoms with van der Waals surface area (Å²) in [5.41, 5.74) is 1.15. The molecule has 0 N–H and O–H groups in total. The van der Waals surface area contributed by atoms with Gasteiger partial charge < -0.3 is 4.74 Å². The lowest BCUT2D eigenvalue weighted by Gasteiger charge is -2.15. The van der Waals surface area contributed by atoms with Gasteiger partial charge in [-0.3, -0.25) is 9.78 Å². The van der Waals surface area contributed by atoms with Crippen LogP contribution >= 0.6 is 0 Å². The van der Waals surface area contributed by atoms with Gasteiger partial charge in [-0.05, 0) is 12.1 Å². The Bertz CT molecular complexity index is 575. The van der Waals surface area contributed by atoms with Crippen LogP contribution in [0.2, 0.25) is 25.7 Å². The lowest BCUT2D eigenvalue weighted by Crippen LogP contribution is -2.22. The van der Waals surface area contributed by atoms with E-state index >= 15 is 0 Å². The monoisotopic (exact) mass is 277 g/mol. The van der Waals surface area contributed by atoms with Gasteiger partial charge in [0.05, 0.1) is 6.20 Å². The second-order valence-electron chi connectivity index (χ2n) is 5.74. The molecule has 0 radical (unpaired) electrons. The Morgan fingerprint density at radius 3 is 2.89 bits per heavy atom. The third-order valence-corrected chi connectivity index (χ3v) is 4.60. The van der Waals surface area contributed by atoms with Gasteiger partial charge in [-0.25, -0.2) is 4.68 Å². The maximum Gasteiger partial charge on any atom is 0.170 e. The first kappa shape index (κ1) is 13.9. The van der Waals surface area contributed by atoms with Crippen molar-refractivity contribution in [3.8, 4) is 0 Å². The zero-order valence-corrected chi connectivity index (χ0v) is 12.6. The van der Waals surface area contributed by atoms with Crippen LogP contribution in [0, 0.1) is 0 Å². The highest BCUT2D eigenvalue weighted by Gasteiger charge is 2.13. The largest absolute Gasteiger partial charge is 0.360 e. The molecule has 5 nitrogen and oxygen atoms in total. The van der Waals surface area contributed by atoms with Gasteiger partial charge in [0.25, 0.3) is 0 Å². The number of hydrogen-bond acceptors (Lipinski definition) is 4. The van der Waals surface area contributed by atoms with Crippen LogP contribution in [-0.4, -0.2) is 35.7 Å². The molecule has 2 aromatic rings. The molecule has 0 unspecified atom stereocenters. The third-order valence-electron chi connectivity index (χ3n) is 2.90. The number of ether oxygens (including phenoxy) is 1. The van der Waals surface area contributed by atoms with Crippen molar-refractivity contribution in [3.05, 3.63) is 24.2 Å². The number of carbonyl (C=O) groups excluding carboxylic acids is 1. The van der Waals surface area contributed by atoms with E-state index in [2.05, 4.69) is 29.7 Å². The van der Waals surface area contributed by atoms with E-state index in [1.54, 1.807) is 17.1 Å². The summed E-state index contributed by atoms with van der Waals surface area (Å²) in [5, 5.41) is 5.15. The third kappa shape index (κ3) is 3.48. The quantitative estimate of drug-likeness (QED) is 0.462. The van der Waals surface area contributed by atoms with Crippen molar-refractivity contribution in [2.45, 2.75) is 32.4 Å². The molecular formula is C13H19N3O2Si. The standard InChI is InChI=1S/C13H19N3O2Si/c1-19(2,3)7-6-18-10-16-13-11(8-15-16)4-5-14-12(13)9-17/h4-5,8-9H,6-7,10H2,1-3H3. The van der Waals surface area contributed by atoms with Gasteiger partial charge in [-0.15, -0.1) is 0 Å². The molecule has 0 saturated carbocycles. The number of pyridine rings is 1. The van der Waals surface area contributed by atoms with E-state index in [-0.39, 0.29) is 0 Å². The lowest BCUT2D eigenvalue weighted by molar-refractivity contribution is 0.0815. The van der Waals surface area contributed by atoms with Crippen molar-refractivity contribution < 1.29 is 9.53 Å². The minimum Gasteiger partial charge on any atom is -0.360 e. The molecule has 2 rings (SSSR count). The van der Waals surface area contributed by atoms with Gasteiger partial charge in [-0.2, -0.15) is 5.10 Å². The summed E-state index contributed by atoms with van der Waals surface area (Å²) in [7, 11) is -1.07. The highest BCUT2D eigenvalue weighted by molar-refractivity contribution is 6.76. The van der Waals surface area contributed by atoms with E-state index in [0.29, 0.717) is 12.4 Å². The maximum absolute atomic E-state index is 11.0. The first-order chi connectivity index (χ1) is 9.01. The zero-order valence-electron chi connectivity index (χ0n) is 11.6. The molecule has 19 heavy (non-hydrogen) atoms. The van der Waals surface area contributed by atoms with Crippen LogP contribution in [-0.2, 0) is 11.5 Å². The molecule has 102 valence electrons. The average Bonchev–Trinajstić information content (AvgIpc) is 2.77.